The second kappa shape index (κ2) is 9.64. The SMILES string of the molecule is COc1ccc(S(=O)(=O)N2CCN(c3ccccc3)CC2)cc1NC(=O)c1ccccc1C. The molecule has 8 heteroatoms. The summed E-state index contributed by atoms with van der Waals surface area (Å²) in [6.07, 6.45) is 0. The molecule has 0 bridgehead atoms. The summed E-state index contributed by atoms with van der Waals surface area (Å²) >= 11 is 0. The average Bonchev–Trinajstić information content (AvgIpc) is 2.85. The number of ether oxygens (including phenoxy) is 1. The normalized spacial score (nSPS) is 14.7. The first-order valence-electron chi connectivity index (χ1n) is 10.8. The molecule has 1 N–H and O–H groups in total. The van der Waals surface area contributed by atoms with E-state index in [0.29, 0.717) is 43.2 Å². The second-order valence-electron chi connectivity index (χ2n) is 7.86. The zero-order valence-corrected chi connectivity index (χ0v) is 19.5. The Bertz CT molecular complexity index is 1240. The molecule has 1 fully saturated rings. The van der Waals surface area contributed by atoms with Crippen molar-refractivity contribution in [1.29, 1.82) is 0 Å². The lowest BCUT2D eigenvalue weighted by atomic mass is 10.1. The lowest BCUT2D eigenvalue weighted by Gasteiger charge is -2.35. The molecule has 0 aliphatic carbocycles. The maximum atomic E-state index is 13.3. The van der Waals surface area contributed by atoms with Gasteiger partial charge in [0.2, 0.25) is 10.0 Å². The topological polar surface area (TPSA) is 79.0 Å². The Labute approximate surface area is 194 Å². The van der Waals surface area contributed by atoms with Crippen molar-refractivity contribution in [3.8, 4) is 5.75 Å². The molecule has 1 heterocycles. The molecular formula is C25H27N3O4S. The largest absolute Gasteiger partial charge is 0.495 e. The monoisotopic (exact) mass is 465 g/mol. The van der Waals surface area contributed by atoms with Crippen molar-refractivity contribution in [2.75, 3.05) is 43.5 Å². The Morgan fingerprint density at radius 2 is 1.58 bits per heavy atom. The van der Waals surface area contributed by atoms with Crippen LogP contribution in [0.2, 0.25) is 0 Å². The number of hydrogen-bond donors (Lipinski definition) is 1. The van der Waals surface area contributed by atoms with Crippen molar-refractivity contribution in [2.45, 2.75) is 11.8 Å². The Balaban J connectivity index is 1.54. The van der Waals surface area contributed by atoms with Gasteiger partial charge in [-0.15, -0.1) is 0 Å². The number of benzene rings is 3. The summed E-state index contributed by atoms with van der Waals surface area (Å²) in [7, 11) is -2.24. The van der Waals surface area contributed by atoms with Gasteiger partial charge in [-0.2, -0.15) is 4.31 Å². The molecule has 172 valence electrons. The molecule has 3 aromatic rings. The van der Waals surface area contributed by atoms with E-state index >= 15 is 0 Å². The summed E-state index contributed by atoms with van der Waals surface area (Å²) in [5.74, 6) is 0.0715. The van der Waals surface area contributed by atoms with Crippen LogP contribution in [0.15, 0.2) is 77.7 Å². The second-order valence-corrected chi connectivity index (χ2v) is 9.80. The van der Waals surface area contributed by atoms with Crippen molar-refractivity contribution in [3.05, 3.63) is 83.9 Å². The molecule has 3 aromatic carbocycles. The third-order valence-corrected chi connectivity index (χ3v) is 7.70. The quantitative estimate of drug-likeness (QED) is 0.600. The van der Waals surface area contributed by atoms with E-state index in [-0.39, 0.29) is 10.8 Å². The van der Waals surface area contributed by atoms with Crippen LogP contribution < -0.4 is 15.0 Å². The predicted octanol–water partition coefficient (Wildman–Crippen LogP) is 3.77. The lowest BCUT2D eigenvalue weighted by Crippen LogP contribution is -2.48. The summed E-state index contributed by atoms with van der Waals surface area (Å²) in [4.78, 5) is 15.1. The third-order valence-electron chi connectivity index (χ3n) is 5.81. The predicted molar refractivity (Wildman–Crippen MR) is 130 cm³/mol. The van der Waals surface area contributed by atoms with Crippen LogP contribution >= 0.6 is 0 Å². The number of aryl methyl sites for hydroxylation is 1. The van der Waals surface area contributed by atoms with Gasteiger partial charge in [-0.05, 0) is 48.9 Å². The van der Waals surface area contributed by atoms with E-state index in [1.807, 2.05) is 49.4 Å². The van der Waals surface area contributed by atoms with Crippen LogP contribution in [-0.2, 0) is 10.0 Å². The Morgan fingerprint density at radius 1 is 0.909 bits per heavy atom. The average molecular weight is 466 g/mol. The number of piperazine rings is 1. The van der Waals surface area contributed by atoms with Gasteiger partial charge in [0.15, 0.2) is 0 Å². The van der Waals surface area contributed by atoms with Crippen LogP contribution in [0.4, 0.5) is 11.4 Å². The van der Waals surface area contributed by atoms with Crippen LogP contribution in [0.5, 0.6) is 5.75 Å². The van der Waals surface area contributed by atoms with Crippen LogP contribution in [0.1, 0.15) is 15.9 Å². The first-order chi connectivity index (χ1) is 15.9. The molecule has 0 unspecified atom stereocenters. The fraction of sp³-hybridized carbons (Fsp3) is 0.240. The van der Waals surface area contributed by atoms with Gasteiger partial charge < -0.3 is 15.0 Å². The molecule has 0 atom stereocenters. The smallest absolute Gasteiger partial charge is 0.256 e. The highest BCUT2D eigenvalue weighted by Gasteiger charge is 2.29. The summed E-state index contributed by atoms with van der Waals surface area (Å²) in [6.45, 7) is 3.83. The standard InChI is InChI=1S/C25H27N3O4S/c1-19-8-6-7-11-22(19)25(29)26-23-18-21(12-13-24(23)32-2)33(30,31)28-16-14-27(15-17-28)20-9-4-3-5-10-20/h3-13,18H,14-17H2,1-2H3,(H,26,29). The van der Waals surface area contributed by atoms with E-state index in [1.54, 1.807) is 18.2 Å². The maximum absolute atomic E-state index is 13.3. The van der Waals surface area contributed by atoms with E-state index in [0.717, 1.165) is 11.3 Å². The molecule has 0 spiro atoms. The van der Waals surface area contributed by atoms with Crippen molar-refractivity contribution in [3.63, 3.8) is 0 Å². The minimum atomic E-state index is -3.72. The van der Waals surface area contributed by atoms with Crippen LogP contribution in [0.3, 0.4) is 0 Å². The number of carbonyl (C=O) groups excluding carboxylic acids is 1. The first kappa shape index (κ1) is 22.8. The molecule has 1 aliphatic heterocycles. The number of amides is 1. The molecule has 0 aromatic heterocycles. The highest BCUT2D eigenvalue weighted by atomic mass is 32.2. The molecule has 7 nitrogen and oxygen atoms in total. The highest BCUT2D eigenvalue weighted by Crippen LogP contribution is 2.30. The number of hydrogen-bond acceptors (Lipinski definition) is 5. The van der Waals surface area contributed by atoms with Crippen LogP contribution in [0, 0.1) is 6.92 Å². The van der Waals surface area contributed by atoms with Crippen molar-refractivity contribution in [1.82, 2.24) is 4.31 Å². The lowest BCUT2D eigenvalue weighted by molar-refractivity contribution is 0.102. The molecule has 1 amide bonds. The zero-order valence-electron chi connectivity index (χ0n) is 18.7. The van der Waals surface area contributed by atoms with Crippen molar-refractivity contribution >= 4 is 27.3 Å². The van der Waals surface area contributed by atoms with Gasteiger partial charge in [0.1, 0.15) is 5.75 Å². The number of methoxy groups -OCH3 is 1. The molecule has 1 aliphatic rings. The molecule has 1 saturated heterocycles. The number of carbonyl (C=O) groups is 1. The number of sulfonamides is 1. The van der Waals surface area contributed by atoms with Gasteiger partial charge in [-0.25, -0.2) is 8.42 Å². The number of nitrogens with zero attached hydrogens (tertiary/aromatic N) is 2. The third kappa shape index (κ3) is 4.86. The Morgan fingerprint density at radius 3 is 2.24 bits per heavy atom. The van der Waals surface area contributed by atoms with Gasteiger partial charge in [0.25, 0.3) is 5.91 Å². The van der Waals surface area contributed by atoms with E-state index in [9.17, 15) is 13.2 Å². The molecule has 33 heavy (non-hydrogen) atoms. The maximum Gasteiger partial charge on any atom is 0.256 e. The van der Waals surface area contributed by atoms with Gasteiger partial charge >= 0.3 is 0 Å². The van der Waals surface area contributed by atoms with Gasteiger partial charge in [0.05, 0.1) is 17.7 Å². The zero-order chi connectivity index (χ0) is 23.4. The highest BCUT2D eigenvalue weighted by molar-refractivity contribution is 7.89. The summed E-state index contributed by atoms with van der Waals surface area (Å²) in [5, 5.41) is 2.81. The number of rotatable bonds is 6. The summed E-state index contributed by atoms with van der Waals surface area (Å²) < 4.78 is 33.5. The van der Waals surface area contributed by atoms with Crippen molar-refractivity contribution < 1.29 is 17.9 Å². The van der Waals surface area contributed by atoms with Gasteiger partial charge in [-0.1, -0.05) is 36.4 Å². The molecule has 0 saturated carbocycles. The molecule has 0 radical (unpaired) electrons. The van der Waals surface area contributed by atoms with Crippen molar-refractivity contribution in [2.24, 2.45) is 0 Å². The van der Waals surface area contributed by atoms with Crippen LogP contribution in [-0.4, -0.2) is 51.9 Å². The fourth-order valence-corrected chi connectivity index (χ4v) is 5.39. The van der Waals surface area contributed by atoms with E-state index in [2.05, 4.69) is 10.2 Å². The van der Waals surface area contributed by atoms with E-state index in [4.69, 9.17) is 4.74 Å². The number of anilines is 2. The Hall–Kier alpha value is -3.36. The molecular weight excluding hydrogens is 438 g/mol. The van der Waals surface area contributed by atoms with Gasteiger partial charge in [-0.3, -0.25) is 4.79 Å². The van der Waals surface area contributed by atoms with Crippen LogP contribution in [0.25, 0.3) is 0 Å². The fourth-order valence-electron chi connectivity index (χ4n) is 3.94. The van der Waals surface area contributed by atoms with Gasteiger partial charge in [0, 0.05) is 37.4 Å². The van der Waals surface area contributed by atoms with E-state index < -0.39 is 10.0 Å². The first-order valence-corrected chi connectivity index (χ1v) is 12.2. The molecule has 4 rings (SSSR count). The van der Waals surface area contributed by atoms with E-state index in [1.165, 1.54) is 23.5 Å². The number of nitrogens with one attached hydrogen (secondary N) is 1. The Kier molecular flexibility index (Phi) is 6.67. The summed E-state index contributed by atoms with van der Waals surface area (Å²) in [6, 6.07) is 21.7. The minimum Gasteiger partial charge on any atom is -0.495 e. The minimum absolute atomic E-state index is 0.122. The summed E-state index contributed by atoms with van der Waals surface area (Å²) in [5.41, 5.74) is 2.74. The number of para-hydroxylation sites is 1.